The lowest BCUT2D eigenvalue weighted by Gasteiger charge is -2.46. The Labute approximate surface area is 162 Å². The third-order valence-electron chi connectivity index (χ3n) is 6.90. The molecule has 138 valence electrons. The van der Waals surface area contributed by atoms with E-state index < -0.39 is 4.87 Å². The van der Waals surface area contributed by atoms with Gasteiger partial charge in [-0.25, -0.2) is 4.39 Å². The quantitative estimate of drug-likeness (QED) is 0.667. The van der Waals surface area contributed by atoms with Crippen LogP contribution in [0.5, 0.6) is 0 Å². The van der Waals surface area contributed by atoms with Crippen LogP contribution in [0.15, 0.2) is 41.3 Å². The Bertz CT molecular complexity index is 973. The second-order valence-corrected chi connectivity index (χ2v) is 9.73. The highest BCUT2D eigenvalue weighted by atomic mass is 32.2. The molecule has 5 heteroatoms. The molecule has 1 fully saturated rings. The van der Waals surface area contributed by atoms with Gasteiger partial charge in [0, 0.05) is 21.7 Å². The van der Waals surface area contributed by atoms with E-state index >= 15 is 0 Å². The molecular weight excluding hydrogens is 359 g/mol. The van der Waals surface area contributed by atoms with Crippen LogP contribution < -0.4 is 10.2 Å². The number of nitrogens with zero attached hydrogens (tertiary/aromatic N) is 1. The zero-order valence-electron chi connectivity index (χ0n) is 15.2. The second kappa shape index (κ2) is 5.07. The summed E-state index contributed by atoms with van der Waals surface area (Å²) in [5, 5.41) is 3.49. The third kappa shape index (κ3) is 1.86. The molecule has 2 spiro atoms. The molecule has 0 unspecified atom stereocenters. The smallest absolute Gasteiger partial charge is 0.268 e. The number of carbonyl (C=O) groups excluding carboxylic acids is 1. The molecule has 3 nitrogen and oxygen atoms in total. The van der Waals surface area contributed by atoms with E-state index in [-0.39, 0.29) is 23.2 Å². The van der Waals surface area contributed by atoms with Gasteiger partial charge in [0.15, 0.2) is 4.87 Å². The van der Waals surface area contributed by atoms with E-state index in [2.05, 4.69) is 17.1 Å². The number of halogens is 1. The number of hydrogen-bond donors (Lipinski definition) is 1. The molecule has 1 N–H and O–H groups in total. The number of thioether (sulfide) groups is 1. The summed E-state index contributed by atoms with van der Waals surface area (Å²) in [7, 11) is 0. The normalized spacial score (nSPS) is 29.3. The third-order valence-corrected chi connectivity index (χ3v) is 8.28. The maximum Gasteiger partial charge on any atom is 0.268 e. The fraction of sp³-hybridized carbons (Fsp3) is 0.409. The SMILES string of the molecule is C[C@@H]1CC2(CCCC2)N2C(=O)[C@@]3(Nc4ccccc4S3)c3cc(F)cc1c32. The van der Waals surface area contributed by atoms with Crippen molar-refractivity contribution in [1.82, 2.24) is 0 Å². The largest absolute Gasteiger partial charge is 0.358 e. The number of carbonyl (C=O) groups is 1. The van der Waals surface area contributed by atoms with Gasteiger partial charge >= 0.3 is 0 Å². The molecule has 1 aliphatic carbocycles. The van der Waals surface area contributed by atoms with Gasteiger partial charge in [0.05, 0.1) is 5.69 Å². The van der Waals surface area contributed by atoms with E-state index in [1.807, 2.05) is 24.3 Å². The number of para-hydroxylation sites is 1. The summed E-state index contributed by atoms with van der Waals surface area (Å²) < 4.78 is 14.6. The van der Waals surface area contributed by atoms with Gasteiger partial charge in [-0.3, -0.25) is 4.79 Å². The Morgan fingerprint density at radius 1 is 1.22 bits per heavy atom. The fourth-order valence-corrected chi connectivity index (χ4v) is 7.14. The summed E-state index contributed by atoms with van der Waals surface area (Å²) in [6.45, 7) is 2.19. The van der Waals surface area contributed by atoms with E-state index in [1.165, 1.54) is 11.8 Å². The highest BCUT2D eigenvalue weighted by Gasteiger charge is 2.62. The summed E-state index contributed by atoms with van der Waals surface area (Å²) >= 11 is 1.54. The molecule has 0 aromatic heterocycles. The van der Waals surface area contributed by atoms with Crippen LogP contribution in [0.2, 0.25) is 0 Å². The average Bonchev–Trinajstić information content (AvgIpc) is 3.32. The first-order chi connectivity index (χ1) is 13.0. The van der Waals surface area contributed by atoms with E-state index in [0.717, 1.165) is 59.5 Å². The van der Waals surface area contributed by atoms with Gasteiger partial charge in [0.2, 0.25) is 0 Å². The molecule has 0 saturated heterocycles. The molecule has 4 aliphatic rings. The van der Waals surface area contributed by atoms with Crippen molar-refractivity contribution in [2.24, 2.45) is 0 Å². The highest BCUT2D eigenvalue weighted by molar-refractivity contribution is 8.01. The van der Waals surface area contributed by atoms with Crippen molar-refractivity contribution in [1.29, 1.82) is 0 Å². The first-order valence-corrected chi connectivity index (χ1v) is 10.6. The van der Waals surface area contributed by atoms with Gasteiger partial charge in [-0.1, -0.05) is 43.7 Å². The van der Waals surface area contributed by atoms with Gasteiger partial charge in [-0.15, -0.1) is 0 Å². The summed E-state index contributed by atoms with van der Waals surface area (Å²) in [5.74, 6) is 0.102. The summed E-state index contributed by atoms with van der Waals surface area (Å²) in [6, 6.07) is 11.2. The standard InChI is InChI=1S/C22H21FN2OS/c1-13-12-21(8-4-5-9-21)25-19-15(13)10-14(23)11-16(19)22(20(25)26)24-17-6-2-3-7-18(17)27-22/h2-3,6-7,10-11,13,24H,4-5,8-9,12H2,1H3/t13-,22-/m1/s1. The number of rotatable bonds is 0. The van der Waals surface area contributed by atoms with E-state index in [9.17, 15) is 9.18 Å². The number of hydrogen-bond acceptors (Lipinski definition) is 3. The van der Waals surface area contributed by atoms with Crippen LogP contribution >= 0.6 is 11.8 Å². The summed E-state index contributed by atoms with van der Waals surface area (Å²) in [5.41, 5.74) is 3.64. The molecular formula is C22H21FN2OS. The first kappa shape index (κ1) is 16.0. The maximum absolute atomic E-state index is 14.6. The lowest BCUT2D eigenvalue weighted by Crippen LogP contribution is -2.55. The lowest BCUT2D eigenvalue weighted by atomic mass is 9.77. The second-order valence-electron chi connectivity index (χ2n) is 8.47. The average molecular weight is 380 g/mol. The van der Waals surface area contributed by atoms with Crippen LogP contribution in [-0.4, -0.2) is 11.4 Å². The minimum atomic E-state index is -0.935. The zero-order chi connectivity index (χ0) is 18.4. The van der Waals surface area contributed by atoms with Crippen molar-refractivity contribution >= 4 is 29.0 Å². The van der Waals surface area contributed by atoms with Crippen molar-refractivity contribution < 1.29 is 9.18 Å². The monoisotopic (exact) mass is 380 g/mol. The summed E-state index contributed by atoms with van der Waals surface area (Å²) in [4.78, 5) is 16.2. The maximum atomic E-state index is 14.6. The molecule has 3 aliphatic heterocycles. The van der Waals surface area contributed by atoms with Crippen LogP contribution in [0, 0.1) is 5.82 Å². The number of anilines is 2. The van der Waals surface area contributed by atoms with Crippen molar-refractivity contribution in [3.63, 3.8) is 0 Å². The predicted molar refractivity (Wildman–Crippen MR) is 106 cm³/mol. The van der Waals surface area contributed by atoms with Crippen molar-refractivity contribution in [3.05, 3.63) is 53.3 Å². The van der Waals surface area contributed by atoms with Gasteiger partial charge in [0.1, 0.15) is 5.82 Å². The van der Waals surface area contributed by atoms with E-state index in [0.29, 0.717) is 0 Å². The molecule has 2 atom stereocenters. The first-order valence-electron chi connectivity index (χ1n) is 9.79. The molecule has 1 amide bonds. The van der Waals surface area contributed by atoms with Crippen molar-refractivity contribution in [2.45, 2.75) is 60.3 Å². The molecule has 1 saturated carbocycles. The molecule has 6 rings (SSSR count). The number of fused-ring (bicyclic) bond motifs is 3. The van der Waals surface area contributed by atoms with Crippen LogP contribution in [0.25, 0.3) is 0 Å². The molecule has 0 bridgehead atoms. The topological polar surface area (TPSA) is 32.3 Å². The van der Waals surface area contributed by atoms with Crippen LogP contribution in [-0.2, 0) is 9.67 Å². The van der Waals surface area contributed by atoms with E-state index in [4.69, 9.17) is 0 Å². The molecule has 2 aromatic carbocycles. The number of nitrogens with one attached hydrogen (secondary N) is 1. The minimum Gasteiger partial charge on any atom is -0.358 e. The molecule has 27 heavy (non-hydrogen) atoms. The lowest BCUT2D eigenvalue weighted by molar-refractivity contribution is -0.121. The Morgan fingerprint density at radius 3 is 2.78 bits per heavy atom. The van der Waals surface area contributed by atoms with Crippen LogP contribution in [0.3, 0.4) is 0 Å². The van der Waals surface area contributed by atoms with Gasteiger partial charge < -0.3 is 10.2 Å². The Kier molecular flexibility index (Phi) is 3.01. The van der Waals surface area contributed by atoms with Gasteiger partial charge in [-0.2, -0.15) is 0 Å². The van der Waals surface area contributed by atoms with Crippen LogP contribution in [0.4, 0.5) is 15.8 Å². The highest BCUT2D eigenvalue weighted by Crippen LogP contribution is 2.63. The minimum absolute atomic E-state index is 0.0827. The van der Waals surface area contributed by atoms with Crippen molar-refractivity contribution in [2.75, 3.05) is 10.2 Å². The van der Waals surface area contributed by atoms with Gasteiger partial charge in [0.25, 0.3) is 5.91 Å². The number of benzene rings is 2. The fourth-order valence-electron chi connectivity index (χ4n) is 5.83. The summed E-state index contributed by atoms with van der Waals surface area (Å²) in [6.07, 6.45) is 5.36. The Balaban J connectivity index is 1.62. The number of amides is 1. The van der Waals surface area contributed by atoms with Crippen molar-refractivity contribution in [3.8, 4) is 0 Å². The van der Waals surface area contributed by atoms with E-state index in [1.54, 1.807) is 12.1 Å². The predicted octanol–water partition coefficient (Wildman–Crippen LogP) is 5.36. The zero-order valence-corrected chi connectivity index (χ0v) is 16.0. The Morgan fingerprint density at radius 2 is 2.00 bits per heavy atom. The van der Waals surface area contributed by atoms with Gasteiger partial charge in [-0.05, 0) is 55.0 Å². The Hall–Kier alpha value is -2.01. The van der Waals surface area contributed by atoms with Crippen LogP contribution in [0.1, 0.15) is 56.1 Å². The molecule has 3 heterocycles. The molecule has 2 aromatic rings. The molecule has 0 radical (unpaired) electrons.